The smallest absolute Gasteiger partial charge is 0.129 e. The van der Waals surface area contributed by atoms with E-state index in [4.69, 9.17) is 46.4 Å². The van der Waals surface area contributed by atoms with E-state index in [0.29, 0.717) is 15.1 Å². The number of hydrogen-bond donors (Lipinski definition) is 0. The van der Waals surface area contributed by atoms with Gasteiger partial charge < -0.3 is 0 Å². The van der Waals surface area contributed by atoms with Crippen molar-refractivity contribution in [3.05, 3.63) is 57.3 Å². The topological polar surface area (TPSA) is 17.8 Å². The number of fused-ring (bicyclic) bond motifs is 1. The van der Waals surface area contributed by atoms with Gasteiger partial charge in [-0.15, -0.1) is 11.6 Å². The van der Waals surface area contributed by atoms with Gasteiger partial charge >= 0.3 is 0 Å². The van der Waals surface area contributed by atoms with Gasteiger partial charge in [0.15, 0.2) is 0 Å². The predicted octanol–water partition coefficient (Wildman–Crippen LogP) is 5.72. The van der Waals surface area contributed by atoms with Gasteiger partial charge in [-0.2, -0.15) is 0 Å². The lowest BCUT2D eigenvalue weighted by atomic mass is 10.2. The van der Waals surface area contributed by atoms with Crippen LogP contribution in [0.5, 0.6) is 0 Å². The molecule has 0 fully saturated rings. The third-order valence-electron chi connectivity index (χ3n) is 2.97. The Bertz CT molecular complexity index is 795. The zero-order valence-electron chi connectivity index (χ0n) is 10.1. The molecule has 0 spiro atoms. The molecule has 0 amide bonds. The number of halogens is 4. The zero-order valence-corrected chi connectivity index (χ0v) is 13.1. The summed E-state index contributed by atoms with van der Waals surface area (Å²) in [5, 5.41) is 1.62. The highest BCUT2D eigenvalue weighted by molar-refractivity contribution is 6.42. The first kappa shape index (κ1) is 14.0. The Morgan fingerprint density at radius 2 is 1.75 bits per heavy atom. The van der Waals surface area contributed by atoms with Gasteiger partial charge in [-0.05, 0) is 36.4 Å². The third kappa shape index (κ3) is 2.38. The molecule has 3 rings (SSSR count). The predicted molar refractivity (Wildman–Crippen MR) is 85.7 cm³/mol. The third-order valence-corrected chi connectivity index (χ3v) is 4.18. The molecule has 0 unspecified atom stereocenters. The van der Waals surface area contributed by atoms with Crippen LogP contribution in [0, 0.1) is 0 Å². The number of rotatable bonds is 2. The molecule has 0 aliphatic rings. The molecule has 3 aromatic rings. The second-order valence-electron chi connectivity index (χ2n) is 4.23. The minimum atomic E-state index is 0.284. The van der Waals surface area contributed by atoms with Crippen molar-refractivity contribution in [3.8, 4) is 5.69 Å². The van der Waals surface area contributed by atoms with Gasteiger partial charge in [0.05, 0.1) is 27.0 Å². The van der Waals surface area contributed by atoms with E-state index < -0.39 is 0 Å². The Kier molecular flexibility index (Phi) is 3.83. The van der Waals surface area contributed by atoms with Crippen molar-refractivity contribution < 1.29 is 0 Å². The van der Waals surface area contributed by atoms with Crippen LogP contribution in [-0.4, -0.2) is 9.55 Å². The molecule has 20 heavy (non-hydrogen) atoms. The number of aromatic nitrogens is 2. The van der Waals surface area contributed by atoms with Gasteiger partial charge in [0.1, 0.15) is 5.82 Å². The molecule has 2 aromatic carbocycles. The molecule has 0 atom stereocenters. The number of benzene rings is 2. The molecule has 0 aliphatic heterocycles. The van der Waals surface area contributed by atoms with Crippen LogP contribution in [0.2, 0.25) is 15.1 Å². The highest BCUT2D eigenvalue weighted by Crippen LogP contribution is 2.29. The van der Waals surface area contributed by atoms with E-state index in [-0.39, 0.29) is 5.88 Å². The maximum Gasteiger partial charge on any atom is 0.129 e. The van der Waals surface area contributed by atoms with E-state index >= 15 is 0 Å². The molecular weight excluding hydrogens is 338 g/mol. The molecule has 0 saturated heterocycles. The Hall–Kier alpha value is -0.930. The molecule has 6 heteroatoms. The van der Waals surface area contributed by atoms with Crippen LogP contribution in [0.25, 0.3) is 16.7 Å². The maximum atomic E-state index is 6.08. The highest BCUT2D eigenvalue weighted by atomic mass is 35.5. The molecule has 1 heterocycles. The molecule has 0 N–H and O–H groups in total. The summed E-state index contributed by atoms with van der Waals surface area (Å²) in [4.78, 5) is 4.50. The summed E-state index contributed by atoms with van der Waals surface area (Å²) in [6, 6.07) is 10.9. The first-order valence-corrected chi connectivity index (χ1v) is 7.45. The number of hydrogen-bond acceptors (Lipinski definition) is 1. The van der Waals surface area contributed by atoms with Crippen LogP contribution in [0.3, 0.4) is 0 Å². The summed E-state index contributed by atoms with van der Waals surface area (Å²) in [5.41, 5.74) is 2.56. The standard InChI is InChI=1S/C14H8Cl4N2/c15-7-14-19-12-4-1-8(16)5-13(12)20(14)9-2-3-10(17)11(18)6-9/h1-6H,7H2. The Morgan fingerprint density at radius 3 is 2.45 bits per heavy atom. The quantitative estimate of drug-likeness (QED) is 0.543. The molecular formula is C14H8Cl4N2. The Labute approximate surface area is 135 Å². The summed E-state index contributed by atoms with van der Waals surface area (Å²) in [7, 11) is 0. The Morgan fingerprint density at radius 1 is 0.950 bits per heavy atom. The molecule has 102 valence electrons. The van der Waals surface area contributed by atoms with Gasteiger partial charge in [0, 0.05) is 10.7 Å². The number of nitrogens with zero attached hydrogens (tertiary/aromatic N) is 2. The molecule has 0 bridgehead atoms. The van der Waals surface area contributed by atoms with E-state index in [0.717, 1.165) is 22.5 Å². The van der Waals surface area contributed by atoms with E-state index in [1.54, 1.807) is 18.2 Å². The lowest BCUT2D eigenvalue weighted by Gasteiger charge is -2.09. The van der Waals surface area contributed by atoms with Crippen LogP contribution >= 0.6 is 46.4 Å². The average molecular weight is 346 g/mol. The fourth-order valence-electron chi connectivity index (χ4n) is 2.10. The number of alkyl halides is 1. The SMILES string of the molecule is ClCc1nc2ccc(Cl)cc2n1-c1ccc(Cl)c(Cl)c1. The normalized spacial score (nSPS) is 11.2. The highest BCUT2D eigenvalue weighted by Gasteiger charge is 2.13. The first-order valence-electron chi connectivity index (χ1n) is 5.78. The molecule has 2 nitrogen and oxygen atoms in total. The lowest BCUT2D eigenvalue weighted by Crippen LogP contribution is -1.99. The minimum Gasteiger partial charge on any atom is -0.295 e. The Balaban J connectivity index is 2.32. The summed E-state index contributed by atoms with van der Waals surface area (Å²) in [6.07, 6.45) is 0. The van der Waals surface area contributed by atoms with Crippen LogP contribution in [0.15, 0.2) is 36.4 Å². The van der Waals surface area contributed by atoms with Crippen LogP contribution in [0.4, 0.5) is 0 Å². The molecule has 1 aromatic heterocycles. The molecule has 0 saturated carbocycles. The maximum absolute atomic E-state index is 6.08. The van der Waals surface area contributed by atoms with Crippen LogP contribution < -0.4 is 0 Å². The van der Waals surface area contributed by atoms with E-state index in [1.165, 1.54) is 0 Å². The van der Waals surface area contributed by atoms with Crippen molar-refractivity contribution in [2.75, 3.05) is 0 Å². The van der Waals surface area contributed by atoms with Crippen molar-refractivity contribution in [3.63, 3.8) is 0 Å². The van der Waals surface area contributed by atoms with Crippen molar-refractivity contribution in [2.24, 2.45) is 0 Å². The molecule has 0 aliphatic carbocycles. The van der Waals surface area contributed by atoms with Gasteiger partial charge in [-0.25, -0.2) is 4.98 Å². The summed E-state index contributed by atoms with van der Waals surface area (Å²) >= 11 is 24.1. The summed E-state index contributed by atoms with van der Waals surface area (Å²) in [6.45, 7) is 0. The first-order chi connectivity index (χ1) is 9.60. The van der Waals surface area contributed by atoms with E-state index in [1.807, 2.05) is 22.8 Å². The fraction of sp³-hybridized carbons (Fsp3) is 0.0714. The van der Waals surface area contributed by atoms with Crippen molar-refractivity contribution >= 4 is 57.4 Å². The van der Waals surface area contributed by atoms with Gasteiger partial charge in [-0.3, -0.25) is 4.57 Å². The van der Waals surface area contributed by atoms with E-state index in [9.17, 15) is 0 Å². The van der Waals surface area contributed by atoms with Crippen molar-refractivity contribution in [1.29, 1.82) is 0 Å². The van der Waals surface area contributed by atoms with Crippen LogP contribution in [-0.2, 0) is 5.88 Å². The molecule has 0 radical (unpaired) electrons. The monoisotopic (exact) mass is 344 g/mol. The fourth-order valence-corrected chi connectivity index (χ4v) is 2.74. The van der Waals surface area contributed by atoms with Gasteiger partial charge in [-0.1, -0.05) is 34.8 Å². The van der Waals surface area contributed by atoms with Crippen LogP contribution in [0.1, 0.15) is 5.82 Å². The summed E-state index contributed by atoms with van der Waals surface area (Å²) < 4.78 is 1.93. The average Bonchev–Trinajstić information content (AvgIpc) is 2.79. The number of imidazole rings is 1. The second-order valence-corrected chi connectivity index (χ2v) is 5.75. The summed E-state index contributed by atoms with van der Waals surface area (Å²) in [5.74, 6) is 1.01. The van der Waals surface area contributed by atoms with Crippen molar-refractivity contribution in [1.82, 2.24) is 9.55 Å². The zero-order chi connectivity index (χ0) is 14.3. The second kappa shape index (κ2) is 5.45. The van der Waals surface area contributed by atoms with Gasteiger partial charge in [0.25, 0.3) is 0 Å². The van der Waals surface area contributed by atoms with E-state index in [2.05, 4.69) is 4.98 Å². The van der Waals surface area contributed by atoms with Crippen molar-refractivity contribution in [2.45, 2.75) is 5.88 Å². The minimum absolute atomic E-state index is 0.284. The largest absolute Gasteiger partial charge is 0.295 e. The van der Waals surface area contributed by atoms with Gasteiger partial charge in [0.2, 0.25) is 0 Å². The lowest BCUT2D eigenvalue weighted by molar-refractivity contribution is 0.982.